The zero-order valence-corrected chi connectivity index (χ0v) is 14.9. The monoisotopic (exact) mass is 355 g/mol. The van der Waals surface area contributed by atoms with E-state index < -0.39 is 6.10 Å². The number of fused-ring (bicyclic) bond motifs is 2. The SMILES string of the molecule is O=C(NCCC(O)c1cccc2ccccc12)c1ccc2ccccc2c1. The highest BCUT2D eigenvalue weighted by atomic mass is 16.3. The maximum atomic E-state index is 12.4. The van der Waals surface area contributed by atoms with E-state index in [0.29, 0.717) is 18.5 Å². The van der Waals surface area contributed by atoms with E-state index in [9.17, 15) is 9.90 Å². The molecule has 3 nitrogen and oxygen atoms in total. The van der Waals surface area contributed by atoms with Gasteiger partial charge in [-0.3, -0.25) is 4.79 Å². The Morgan fingerprint density at radius 1 is 0.815 bits per heavy atom. The number of carbonyl (C=O) groups is 1. The van der Waals surface area contributed by atoms with Crippen molar-refractivity contribution in [3.8, 4) is 0 Å². The van der Waals surface area contributed by atoms with Crippen molar-refractivity contribution < 1.29 is 9.90 Å². The molecule has 0 aliphatic rings. The summed E-state index contributed by atoms with van der Waals surface area (Å²) >= 11 is 0. The van der Waals surface area contributed by atoms with Crippen molar-refractivity contribution in [3.63, 3.8) is 0 Å². The van der Waals surface area contributed by atoms with Crippen LogP contribution in [-0.2, 0) is 0 Å². The smallest absolute Gasteiger partial charge is 0.251 e. The summed E-state index contributed by atoms with van der Waals surface area (Å²) in [4.78, 5) is 12.4. The van der Waals surface area contributed by atoms with E-state index in [4.69, 9.17) is 0 Å². The first-order chi connectivity index (χ1) is 13.2. The molecule has 0 aliphatic carbocycles. The Morgan fingerprint density at radius 2 is 1.52 bits per heavy atom. The molecule has 0 spiro atoms. The maximum absolute atomic E-state index is 12.4. The lowest BCUT2D eigenvalue weighted by Crippen LogP contribution is -2.25. The van der Waals surface area contributed by atoms with Gasteiger partial charge in [0.1, 0.15) is 0 Å². The van der Waals surface area contributed by atoms with E-state index in [1.807, 2.05) is 84.9 Å². The minimum atomic E-state index is -0.618. The second-order valence-electron chi connectivity index (χ2n) is 6.69. The standard InChI is InChI=1S/C24H21NO2/c26-23(22-11-5-9-18-7-3-4-10-21(18)22)14-15-25-24(27)20-13-12-17-6-1-2-8-19(17)16-20/h1-13,16,23,26H,14-15H2,(H,25,27). The first-order valence-electron chi connectivity index (χ1n) is 9.15. The largest absolute Gasteiger partial charge is 0.388 e. The van der Waals surface area contributed by atoms with Gasteiger partial charge in [0.2, 0.25) is 0 Å². The number of nitrogens with one attached hydrogen (secondary N) is 1. The van der Waals surface area contributed by atoms with Crippen LogP contribution in [0.2, 0.25) is 0 Å². The number of benzene rings is 4. The molecule has 0 radical (unpaired) electrons. The highest BCUT2D eigenvalue weighted by molar-refractivity contribution is 5.98. The molecule has 1 atom stereocenters. The first-order valence-corrected chi connectivity index (χ1v) is 9.15. The first kappa shape index (κ1) is 17.3. The summed E-state index contributed by atoms with van der Waals surface area (Å²) in [5.41, 5.74) is 1.53. The van der Waals surface area contributed by atoms with E-state index in [1.54, 1.807) is 0 Å². The van der Waals surface area contributed by atoms with Crippen LogP contribution in [-0.4, -0.2) is 17.6 Å². The van der Waals surface area contributed by atoms with E-state index in [1.165, 1.54) is 0 Å². The lowest BCUT2D eigenvalue weighted by molar-refractivity contribution is 0.0943. The minimum Gasteiger partial charge on any atom is -0.388 e. The Hall–Kier alpha value is -3.17. The molecule has 0 fully saturated rings. The number of hydrogen-bond donors (Lipinski definition) is 2. The van der Waals surface area contributed by atoms with Crippen molar-refractivity contribution >= 4 is 27.5 Å². The van der Waals surface area contributed by atoms with Crippen LogP contribution in [0, 0.1) is 0 Å². The van der Waals surface area contributed by atoms with Crippen LogP contribution >= 0.6 is 0 Å². The predicted octanol–water partition coefficient (Wildman–Crippen LogP) is 4.85. The van der Waals surface area contributed by atoms with Crippen molar-refractivity contribution in [2.45, 2.75) is 12.5 Å². The highest BCUT2D eigenvalue weighted by Crippen LogP contribution is 2.26. The van der Waals surface area contributed by atoms with Crippen LogP contribution < -0.4 is 5.32 Å². The number of hydrogen-bond acceptors (Lipinski definition) is 2. The van der Waals surface area contributed by atoms with Crippen molar-refractivity contribution in [1.29, 1.82) is 0 Å². The minimum absolute atomic E-state index is 0.120. The number of amides is 1. The van der Waals surface area contributed by atoms with Gasteiger partial charge in [0.05, 0.1) is 6.10 Å². The molecule has 0 aliphatic heterocycles. The van der Waals surface area contributed by atoms with Crippen molar-refractivity contribution in [1.82, 2.24) is 5.32 Å². The molecule has 0 aromatic heterocycles. The number of carbonyl (C=O) groups excluding carboxylic acids is 1. The molecular weight excluding hydrogens is 334 g/mol. The van der Waals surface area contributed by atoms with Crippen LogP contribution in [0.5, 0.6) is 0 Å². The predicted molar refractivity (Wildman–Crippen MR) is 110 cm³/mol. The Kier molecular flexibility index (Phi) is 4.86. The zero-order chi connectivity index (χ0) is 18.6. The van der Waals surface area contributed by atoms with Gasteiger partial charge in [0.15, 0.2) is 0 Å². The van der Waals surface area contributed by atoms with Crippen molar-refractivity contribution in [3.05, 3.63) is 96.1 Å². The topological polar surface area (TPSA) is 49.3 Å². The molecule has 0 heterocycles. The maximum Gasteiger partial charge on any atom is 0.251 e. The van der Waals surface area contributed by atoms with Gasteiger partial charge in [0.25, 0.3) is 5.91 Å². The third-order valence-electron chi connectivity index (χ3n) is 4.90. The van der Waals surface area contributed by atoms with E-state index in [-0.39, 0.29) is 5.91 Å². The summed E-state index contributed by atoms with van der Waals surface area (Å²) in [6, 6.07) is 27.6. The molecule has 134 valence electrons. The molecule has 3 heteroatoms. The van der Waals surface area contributed by atoms with Gasteiger partial charge in [-0.05, 0) is 45.7 Å². The van der Waals surface area contributed by atoms with E-state index >= 15 is 0 Å². The second-order valence-corrected chi connectivity index (χ2v) is 6.69. The van der Waals surface area contributed by atoms with Crippen LogP contribution in [0.1, 0.15) is 28.4 Å². The normalized spacial score (nSPS) is 12.2. The van der Waals surface area contributed by atoms with Gasteiger partial charge in [-0.2, -0.15) is 0 Å². The summed E-state index contributed by atoms with van der Waals surface area (Å²) in [6.45, 7) is 0.413. The molecular formula is C24H21NO2. The quantitative estimate of drug-likeness (QED) is 0.538. The number of aliphatic hydroxyl groups excluding tert-OH is 1. The van der Waals surface area contributed by atoms with Crippen molar-refractivity contribution in [2.24, 2.45) is 0 Å². The van der Waals surface area contributed by atoms with Gasteiger partial charge in [-0.1, -0.05) is 72.8 Å². The average Bonchev–Trinajstić information content (AvgIpc) is 2.72. The fourth-order valence-corrected chi connectivity index (χ4v) is 3.45. The van der Waals surface area contributed by atoms with Crippen LogP contribution in [0.3, 0.4) is 0 Å². The van der Waals surface area contributed by atoms with Crippen LogP contribution in [0.25, 0.3) is 21.5 Å². The third kappa shape index (κ3) is 3.69. The molecule has 1 amide bonds. The lowest BCUT2D eigenvalue weighted by atomic mass is 9.99. The lowest BCUT2D eigenvalue weighted by Gasteiger charge is -2.14. The van der Waals surface area contributed by atoms with Gasteiger partial charge < -0.3 is 10.4 Å². The molecule has 0 bridgehead atoms. The molecule has 2 N–H and O–H groups in total. The van der Waals surface area contributed by atoms with E-state index in [0.717, 1.165) is 27.1 Å². The Balaban J connectivity index is 1.41. The summed E-state index contributed by atoms with van der Waals surface area (Å²) in [5.74, 6) is -0.120. The summed E-state index contributed by atoms with van der Waals surface area (Å²) < 4.78 is 0. The molecule has 4 aromatic rings. The second kappa shape index (κ2) is 7.60. The fourth-order valence-electron chi connectivity index (χ4n) is 3.45. The molecule has 0 saturated heterocycles. The third-order valence-corrected chi connectivity index (χ3v) is 4.90. The van der Waals surface area contributed by atoms with E-state index in [2.05, 4.69) is 5.32 Å². The van der Waals surface area contributed by atoms with Gasteiger partial charge in [0, 0.05) is 12.1 Å². The van der Waals surface area contributed by atoms with Crippen molar-refractivity contribution in [2.75, 3.05) is 6.54 Å². The summed E-state index contributed by atoms with van der Waals surface area (Å²) in [7, 11) is 0. The number of aliphatic hydroxyl groups is 1. The number of rotatable bonds is 5. The molecule has 4 aromatic carbocycles. The summed E-state index contributed by atoms with van der Waals surface area (Å²) in [6.07, 6.45) is -0.152. The Morgan fingerprint density at radius 3 is 2.37 bits per heavy atom. The van der Waals surface area contributed by atoms with Crippen LogP contribution in [0.15, 0.2) is 84.9 Å². The average molecular weight is 355 g/mol. The Labute approximate surface area is 158 Å². The fraction of sp³-hybridized carbons (Fsp3) is 0.125. The highest BCUT2D eigenvalue weighted by Gasteiger charge is 2.12. The molecule has 0 saturated carbocycles. The Bertz CT molecular complexity index is 1100. The van der Waals surface area contributed by atoms with Gasteiger partial charge in [-0.25, -0.2) is 0 Å². The molecule has 1 unspecified atom stereocenters. The molecule has 4 rings (SSSR count). The summed E-state index contributed by atoms with van der Waals surface area (Å²) in [5, 5.41) is 17.8. The molecule has 27 heavy (non-hydrogen) atoms. The van der Waals surface area contributed by atoms with Crippen LogP contribution in [0.4, 0.5) is 0 Å². The zero-order valence-electron chi connectivity index (χ0n) is 14.9. The van der Waals surface area contributed by atoms with Gasteiger partial charge in [-0.15, -0.1) is 0 Å². The van der Waals surface area contributed by atoms with Gasteiger partial charge >= 0.3 is 0 Å².